The molecule has 0 spiro atoms. The van der Waals surface area contributed by atoms with Gasteiger partial charge in [0.1, 0.15) is 12.2 Å². The van der Waals surface area contributed by atoms with Crippen molar-refractivity contribution in [2.24, 2.45) is 0 Å². The van der Waals surface area contributed by atoms with Crippen LogP contribution >= 0.6 is 11.6 Å². The topological polar surface area (TPSA) is 61.7 Å². The van der Waals surface area contributed by atoms with Crippen molar-refractivity contribution in [2.45, 2.75) is 6.54 Å². The molecule has 3 heterocycles. The number of aromatic nitrogens is 2. The molecule has 0 atom stereocenters. The fraction of sp³-hybridized carbons (Fsp3) is 0.421. The smallest absolute Gasteiger partial charge is 0.272 e. The summed E-state index contributed by atoms with van der Waals surface area (Å²) in [5, 5.41) is 5.20. The molecule has 1 aromatic heterocycles. The SMILES string of the molecule is CN1CCN(C(=O)CN2CCn3nc(-c4ccc(Cl)cc4)cc3C2=O)CC1. The van der Waals surface area contributed by atoms with Gasteiger partial charge in [0, 0.05) is 43.3 Å². The van der Waals surface area contributed by atoms with Crippen LogP contribution in [0.1, 0.15) is 10.5 Å². The van der Waals surface area contributed by atoms with Gasteiger partial charge in [-0.15, -0.1) is 0 Å². The summed E-state index contributed by atoms with van der Waals surface area (Å²) in [4.78, 5) is 31.1. The van der Waals surface area contributed by atoms with Gasteiger partial charge in [0.2, 0.25) is 5.91 Å². The molecule has 4 rings (SSSR count). The minimum Gasteiger partial charge on any atom is -0.339 e. The summed E-state index contributed by atoms with van der Waals surface area (Å²) >= 11 is 5.94. The molecule has 1 aromatic carbocycles. The number of carbonyl (C=O) groups is 2. The van der Waals surface area contributed by atoms with Crippen LogP contribution < -0.4 is 0 Å². The van der Waals surface area contributed by atoms with Crippen molar-refractivity contribution in [1.82, 2.24) is 24.5 Å². The number of fused-ring (bicyclic) bond motifs is 1. The summed E-state index contributed by atoms with van der Waals surface area (Å²) in [6.45, 7) is 4.39. The zero-order valence-electron chi connectivity index (χ0n) is 15.3. The van der Waals surface area contributed by atoms with E-state index in [1.165, 1.54) is 0 Å². The van der Waals surface area contributed by atoms with Crippen molar-refractivity contribution in [2.75, 3.05) is 46.3 Å². The van der Waals surface area contributed by atoms with E-state index in [-0.39, 0.29) is 18.4 Å². The molecule has 2 aliphatic rings. The van der Waals surface area contributed by atoms with Crippen molar-refractivity contribution in [1.29, 1.82) is 0 Å². The molecule has 8 heteroatoms. The monoisotopic (exact) mass is 387 g/mol. The second-order valence-corrected chi connectivity index (χ2v) is 7.49. The van der Waals surface area contributed by atoms with Crippen LogP contribution in [0, 0.1) is 0 Å². The predicted octanol–water partition coefficient (Wildman–Crippen LogP) is 1.43. The van der Waals surface area contributed by atoms with E-state index in [2.05, 4.69) is 17.0 Å². The van der Waals surface area contributed by atoms with Crippen LogP contribution in [0.2, 0.25) is 5.02 Å². The average Bonchev–Trinajstić information content (AvgIpc) is 3.10. The highest BCUT2D eigenvalue weighted by molar-refractivity contribution is 6.30. The van der Waals surface area contributed by atoms with Crippen molar-refractivity contribution >= 4 is 23.4 Å². The maximum absolute atomic E-state index is 12.9. The van der Waals surface area contributed by atoms with E-state index in [1.54, 1.807) is 27.8 Å². The summed E-state index contributed by atoms with van der Waals surface area (Å²) in [5.74, 6) is -0.126. The first kappa shape index (κ1) is 18.0. The molecule has 0 bridgehead atoms. The Morgan fingerprint density at radius 3 is 2.48 bits per heavy atom. The Bertz CT molecular complexity index is 855. The van der Waals surface area contributed by atoms with Crippen molar-refractivity contribution in [3.63, 3.8) is 0 Å². The molecule has 27 heavy (non-hydrogen) atoms. The van der Waals surface area contributed by atoms with Crippen LogP contribution in [-0.2, 0) is 11.3 Å². The minimum absolute atomic E-state index is 0.0161. The number of nitrogens with zero attached hydrogens (tertiary/aromatic N) is 5. The van der Waals surface area contributed by atoms with Gasteiger partial charge in [-0.05, 0) is 25.2 Å². The number of halogens is 1. The summed E-state index contributed by atoms with van der Waals surface area (Å²) in [7, 11) is 2.05. The van der Waals surface area contributed by atoms with Crippen LogP contribution in [0.15, 0.2) is 30.3 Å². The first-order valence-corrected chi connectivity index (χ1v) is 9.48. The third-order valence-electron chi connectivity index (χ3n) is 5.19. The molecule has 0 saturated carbocycles. The molecule has 2 aliphatic heterocycles. The molecule has 0 unspecified atom stereocenters. The van der Waals surface area contributed by atoms with Gasteiger partial charge >= 0.3 is 0 Å². The van der Waals surface area contributed by atoms with Gasteiger partial charge in [0.05, 0.1) is 12.2 Å². The number of piperazine rings is 1. The number of rotatable bonds is 3. The number of hydrogen-bond acceptors (Lipinski definition) is 4. The van der Waals surface area contributed by atoms with Crippen LogP contribution in [0.25, 0.3) is 11.3 Å². The van der Waals surface area contributed by atoms with Gasteiger partial charge < -0.3 is 14.7 Å². The first-order chi connectivity index (χ1) is 13.0. The van der Waals surface area contributed by atoms with Crippen LogP contribution in [0.4, 0.5) is 0 Å². The molecular formula is C19H22ClN5O2. The standard InChI is InChI=1S/C19H22ClN5O2/c1-22-6-8-23(9-7-22)18(26)13-24-10-11-25-17(19(24)27)12-16(21-25)14-2-4-15(20)5-3-14/h2-5,12H,6-11,13H2,1H3. The zero-order chi connectivity index (χ0) is 19.0. The van der Waals surface area contributed by atoms with E-state index in [1.807, 2.05) is 17.0 Å². The Hall–Kier alpha value is -2.38. The Kier molecular flexibility index (Phi) is 4.88. The van der Waals surface area contributed by atoms with E-state index in [0.717, 1.165) is 37.4 Å². The van der Waals surface area contributed by atoms with Crippen LogP contribution in [0.3, 0.4) is 0 Å². The van der Waals surface area contributed by atoms with E-state index in [9.17, 15) is 9.59 Å². The Labute approximate surface area is 163 Å². The van der Waals surface area contributed by atoms with Crippen molar-refractivity contribution in [3.8, 4) is 11.3 Å². The second-order valence-electron chi connectivity index (χ2n) is 7.06. The van der Waals surface area contributed by atoms with E-state index in [4.69, 9.17) is 11.6 Å². The second kappa shape index (κ2) is 7.32. The Balaban J connectivity index is 1.46. The lowest BCUT2D eigenvalue weighted by molar-refractivity contribution is -0.133. The number of hydrogen-bond donors (Lipinski definition) is 0. The molecule has 2 aromatic rings. The van der Waals surface area contributed by atoms with Crippen molar-refractivity contribution in [3.05, 3.63) is 41.0 Å². The highest BCUT2D eigenvalue weighted by Crippen LogP contribution is 2.23. The summed E-state index contributed by atoms with van der Waals surface area (Å²) < 4.78 is 1.73. The fourth-order valence-electron chi connectivity index (χ4n) is 3.47. The molecular weight excluding hydrogens is 366 g/mol. The maximum Gasteiger partial charge on any atom is 0.272 e. The van der Waals surface area contributed by atoms with Crippen LogP contribution in [-0.4, -0.2) is 82.6 Å². The molecule has 1 fully saturated rings. The molecule has 142 valence electrons. The summed E-state index contributed by atoms with van der Waals surface area (Å²) in [6, 6.07) is 9.17. The van der Waals surface area contributed by atoms with Crippen molar-refractivity contribution < 1.29 is 9.59 Å². The molecule has 2 amide bonds. The van der Waals surface area contributed by atoms with Gasteiger partial charge in [0.15, 0.2) is 0 Å². The van der Waals surface area contributed by atoms with E-state index in [0.29, 0.717) is 23.8 Å². The van der Waals surface area contributed by atoms with E-state index < -0.39 is 0 Å². The van der Waals surface area contributed by atoms with Gasteiger partial charge in [-0.3, -0.25) is 14.3 Å². The van der Waals surface area contributed by atoms with Gasteiger partial charge in [-0.25, -0.2) is 0 Å². The Morgan fingerprint density at radius 1 is 1.07 bits per heavy atom. The average molecular weight is 388 g/mol. The first-order valence-electron chi connectivity index (χ1n) is 9.10. The molecule has 0 N–H and O–H groups in total. The lowest BCUT2D eigenvalue weighted by Crippen LogP contribution is -2.52. The number of amides is 2. The minimum atomic E-state index is -0.142. The number of likely N-dealkylation sites (N-methyl/N-ethyl adjacent to an activating group) is 1. The van der Waals surface area contributed by atoms with Gasteiger partial charge in [-0.2, -0.15) is 5.10 Å². The third kappa shape index (κ3) is 3.70. The lowest BCUT2D eigenvalue weighted by Gasteiger charge is -2.34. The predicted molar refractivity (Wildman–Crippen MR) is 103 cm³/mol. The molecule has 0 radical (unpaired) electrons. The number of carbonyl (C=O) groups excluding carboxylic acids is 2. The molecule has 1 saturated heterocycles. The lowest BCUT2D eigenvalue weighted by atomic mass is 10.1. The zero-order valence-corrected chi connectivity index (χ0v) is 16.0. The highest BCUT2D eigenvalue weighted by Gasteiger charge is 2.30. The molecule has 0 aliphatic carbocycles. The van der Waals surface area contributed by atoms with Gasteiger partial charge in [0.25, 0.3) is 5.91 Å². The third-order valence-corrected chi connectivity index (χ3v) is 5.44. The fourth-order valence-corrected chi connectivity index (χ4v) is 3.60. The normalized spacial score (nSPS) is 17.9. The maximum atomic E-state index is 12.9. The number of benzene rings is 1. The Morgan fingerprint density at radius 2 is 1.78 bits per heavy atom. The largest absolute Gasteiger partial charge is 0.339 e. The van der Waals surface area contributed by atoms with Gasteiger partial charge in [-0.1, -0.05) is 23.7 Å². The summed E-state index contributed by atoms with van der Waals surface area (Å²) in [5.41, 5.74) is 2.17. The van der Waals surface area contributed by atoms with Crippen LogP contribution in [0.5, 0.6) is 0 Å². The summed E-state index contributed by atoms with van der Waals surface area (Å²) in [6.07, 6.45) is 0. The quantitative estimate of drug-likeness (QED) is 0.799. The molecule has 7 nitrogen and oxygen atoms in total. The highest BCUT2D eigenvalue weighted by atomic mass is 35.5. The van der Waals surface area contributed by atoms with E-state index >= 15 is 0 Å².